The third-order valence-electron chi connectivity index (χ3n) is 2.60. The fourth-order valence-electron chi connectivity index (χ4n) is 1.89. The van der Waals surface area contributed by atoms with Crippen LogP contribution in [0.25, 0.3) is 10.9 Å². The van der Waals surface area contributed by atoms with E-state index < -0.39 is 0 Å². The minimum Gasteiger partial charge on any atom is -0.345 e. The first-order valence-electron chi connectivity index (χ1n) is 4.78. The lowest BCUT2D eigenvalue weighted by atomic mass is 10.2. The average Bonchev–Trinajstić information content (AvgIpc) is 2.45. The topological polar surface area (TPSA) is 30.9 Å². The van der Waals surface area contributed by atoms with Crippen molar-refractivity contribution in [2.45, 2.75) is 6.42 Å². The zero-order chi connectivity index (χ0) is 11.0. The first kappa shape index (κ1) is 10.8. The third-order valence-corrected chi connectivity index (χ3v) is 3.32. The van der Waals surface area contributed by atoms with Crippen LogP contribution in [0, 0.1) is 0 Å². The van der Waals surface area contributed by atoms with Crippen molar-refractivity contribution >= 4 is 34.1 Å². The minimum absolute atomic E-state index is 0.585. The van der Waals surface area contributed by atoms with Crippen LogP contribution in [0.15, 0.2) is 18.2 Å². The minimum atomic E-state index is 0.585. The molecular formula is C11H12Cl2N2. The van der Waals surface area contributed by atoms with Gasteiger partial charge in [0.2, 0.25) is 0 Å². The predicted octanol–water partition coefficient (Wildman–Crippen LogP) is 2.99. The van der Waals surface area contributed by atoms with Crippen molar-refractivity contribution < 1.29 is 0 Å². The van der Waals surface area contributed by atoms with Crippen molar-refractivity contribution in [1.82, 2.24) is 4.57 Å². The summed E-state index contributed by atoms with van der Waals surface area (Å²) < 4.78 is 2.02. The molecule has 1 aromatic carbocycles. The quantitative estimate of drug-likeness (QED) is 0.863. The summed E-state index contributed by atoms with van der Waals surface area (Å²) in [6.07, 6.45) is 0.764. The standard InChI is InChI=1S/C11H12Cl2N2/c1-15-9(5-6-14)10(13)7-3-2-4-8(12)11(7)15/h2-4H,5-6,14H2,1H3. The van der Waals surface area contributed by atoms with Crippen molar-refractivity contribution in [3.8, 4) is 0 Å². The Kier molecular flexibility index (Phi) is 2.91. The number of rotatable bonds is 2. The number of aryl methyl sites for hydroxylation is 1. The zero-order valence-electron chi connectivity index (χ0n) is 8.43. The highest BCUT2D eigenvalue weighted by Crippen LogP contribution is 2.33. The van der Waals surface area contributed by atoms with Gasteiger partial charge in [0.1, 0.15) is 0 Å². The highest BCUT2D eigenvalue weighted by Gasteiger charge is 2.14. The van der Waals surface area contributed by atoms with E-state index in [0.29, 0.717) is 6.54 Å². The number of halogens is 2. The second-order valence-corrected chi connectivity index (χ2v) is 4.28. The summed E-state index contributed by atoms with van der Waals surface area (Å²) in [4.78, 5) is 0. The Labute approximate surface area is 98.6 Å². The predicted molar refractivity (Wildman–Crippen MR) is 65.7 cm³/mol. The molecule has 0 atom stereocenters. The largest absolute Gasteiger partial charge is 0.345 e. The van der Waals surface area contributed by atoms with Crippen molar-refractivity contribution in [2.24, 2.45) is 12.8 Å². The van der Waals surface area contributed by atoms with Crippen LogP contribution >= 0.6 is 23.2 Å². The highest BCUT2D eigenvalue weighted by atomic mass is 35.5. The van der Waals surface area contributed by atoms with Crippen LogP contribution < -0.4 is 5.73 Å². The maximum atomic E-state index is 6.28. The van der Waals surface area contributed by atoms with Crippen molar-refractivity contribution in [1.29, 1.82) is 0 Å². The number of aromatic nitrogens is 1. The second kappa shape index (κ2) is 4.05. The van der Waals surface area contributed by atoms with Crippen LogP contribution in [0.4, 0.5) is 0 Å². The van der Waals surface area contributed by atoms with Gasteiger partial charge in [0.15, 0.2) is 0 Å². The molecule has 2 rings (SSSR count). The molecule has 4 heteroatoms. The van der Waals surface area contributed by atoms with Gasteiger partial charge in [-0.2, -0.15) is 0 Å². The summed E-state index contributed by atoms with van der Waals surface area (Å²) in [7, 11) is 1.96. The Bertz CT molecular complexity index is 503. The third kappa shape index (κ3) is 1.63. The van der Waals surface area contributed by atoms with E-state index in [4.69, 9.17) is 28.9 Å². The molecule has 0 radical (unpaired) electrons. The molecular weight excluding hydrogens is 231 g/mol. The molecule has 80 valence electrons. The number of benzene rings is 1. The molecule has 2 N–H and O–H groups in total. The first-order valence-corrected chi connectivity index (χ1v) is 5.53. The average molecular weight is 243 g/mol. The van der Waals surface area contributed by atoms with Crippen molar-refractivity contribution in [3.63, 3.8) is 0 Å². The van der Waals surface area contributed by atoms with Gasteiger partial charge in [-0.1, -0.05) is 35.3 Å². The molecule has 0 aliphatic rings. The SMILES string of the molecule is Cn1c(CCN)c(Cl)c2cccc(Cl)c21. The molecule has 2 nitrogen and oxygen atoms in total. The van der Waals surface area contributed by atoms with E-state index in [0.717, 1.165) is 33.1 Å². The fraction of sp³-hybridized carbons (Fsp3) is 0.273. The number of nitrogens with two attached hydrogens (primary N) is 1. The number of para-hydroxylation sites is 1. The van der Waals surface area contributed by atoms with E-state index in [2.05, 4.69) is 0 Å². The zero-order valence-corrected chi connectivity index (χ0v) is 9.94. The van der Waals surface area contributed by atoms with Gasteiger partial charge >= 0.3 is 0 Å². The Morgan fingerprint density at radius 1 is 1.33 bits per heavy atom. The lowest BCUT2D eigenvalue weighted by molar-refractivity contribution is 0.828. The normalized spacial score (nSPS) is 11.2. The van der Waals surface area contributed by atoms with E-state index in [1.165, 1.54) is 0 Å². The Morgan fingerprint density at radius 3 is 2.67 bits per heavy atom. The van der Waals surface area contributed by atoms with Gasteiger partial charge in [0.05, 0.1) is 15.6 Å². The van der Waals surface area contributed by atoms with E-state index in [1.54, 1.807) is 0 Å². The number of nitrogens with zero attached hydrogens (tertiary/aromatic N) is 1. The maximum Gasteiger partial charge on any atom is 0.0694 e. The lowest BCUT2D eigenvalue weighted by Gasteiger charge is -2.03. The molecule has 0 fully saturated rings. The molecule has 0 amide bonds. The first-order chi connectivity index (χ1) is 7.16. The van der Waals surface area contributed by atoms with E-state index >= 15 is 0 Å². The van der Waals surface area contributed by atoms with Gasteiger partial charge in [-0.3, -0.25) is 0 Å². The number of hydrogen-bond donors (Lipinski definition) is 1. The van der Waals surface area contributed by atoms with Crippen LogP contribution in [0.5, 0.6) is 0 Å². The van der Waals surface area contributed by atoms with Crippen molar-refractivity contribution in [3.05, 3.63) is 33.9 Å². The van der Waals surface area contributed by atoms with Crippen LogP contribution in [-0.4, -0.2) is 11.1 Å². The monoisotopic (exact) mass is 242 g/mol. The Hall–Kier alpha value is -0.700. The smallest absolute Gasteiger partial charge is 0.0694 e. The van der Waals surface area contributed by atoms with Crippen LogP contribution in [0.2, 0.25) is 10.0 Å². The Morgan fingerprint density at radius 2 is 2.07 bits per heavy atom. The van der Waals surface area contributed by atoms with Gasteiger partial charge in [-0.05, 0) is 12.6 Å². The second-order valence-electron chi connectivity index (χ2n) is 3.49. The summed E-state index contributed by atoms with van der Waals surface area (Å²) in [6.45, 7) is 0.585. The fourth-order valence-corrected chi connectivity index (χ4v) is 2.56. The molecule has 0 bridgehead atoms. The number of hydrogen-bond acceptors (Lipinski definition) is 1. The molecule has 1 aromatic heterocycles. The highest BCUT2D eigenvalue weighted by molar-refractivity contribution is 6.40. The molecule has 2 aromatic rings. The molecule has 0 spiro atoms. The molecule has 0 saturated carbocycles. The van der Waals surface area contributed by atoms with Crippen molar-refractivity contribution in [2.75, 3.05) is 6.54 Å². The van der Waals surface area contributed by atoms with Crippen LogP contribution in [0.3, 0.4) is 0 Å². The van der Waals surface area contributed by atoms with Crippen LogP contribution in [0.1, 0.15) is 5.69 Å². The van der Waals surface area contributed by atoms with E-state index in [9.17, 15) is 0 Å². The molecule has 0 saturated heterocycles. The summed E-state index contributed by atoms with van der Waals surface area (Å²) in [5.41, 5.74) is 7.58. The number of fused-ring (bicyclic) bond motifs is 1. The van der Waals surface area contributed by atoms with Gasteiger partial charge in [0.25, 0.3) is 0 Å². The maximum absolute atomic E-state index is 6.28. The molecule has 0 unspecified atom stereocenters. The van der Waals surface area contributed by atoms with E-state index in [1.807, 2.05) is 29.8 Å². The lowest BCUT2D eigenvalue weighted by Crippen LogP contribution is -2.06. The summed E-state index contributed by atoms with van der Waals surface area (Å²) >= 11 is 12.4. The van der Waals surface area contributed by atoms with Gasteiger partial charge < -0.3 is 10.3 Å². The molecule has 0 aliphatic heterocycles. The Balaban J connectivity index is 2.79. The molecule has 15 heavy (non-hydrogen) atoms. The summed E-state index contributed by atoms with van der Waals surface area (Å²) in [6, 6.07) is 5.75. The van der Waals surface area contributed by atoms with Crippen LogP contribution in [-0.2, 0) is 13.5 Å². The summed E-state index contributed by atoms with van der Waals surface area (Å²) in [5, 5.41) is 2.48. The van der Waals surface area contributed by atoms with Gasteiger partial charge in [-0.15, -0.1) is 0 Å². The molecule has 0 aliphatic carbocycles. The molecule has 1 heterocycles. The van der Waals surface area contributed by atoms with Gasteiger partial charge in [0, 0.05) is 24.5 Å². The van der Waals surface area contributed by atoms with Gasteiger partial charge in [-0.25, -0.2) is 0 Å². The van der Waals surface area contributed by atoms with E-state index in [-0.39, 0.29) is 0 Å². The summed E-state index contributed by atoms with van der Waals surface area (Å²) in [5.74, 6) is 0.